The molecule has 1 saturated heterocycles. The molecule has 1 unspecified atom stereocenters. The molecule has 0 aromatic heterocycles. The summed E-state index contributed by atoms with van der Waals surface area (Å²) in [5.74, 6) is 1.71. The SMILES string of the molecule is CC(C)CN1CCC(Oc2ccc(Br)cc2)C1. The predicted octanol–water partition coefficient (Wildman–Crippen LogP) is 3.56. The van der Waals surface area contributed by atoms with E-state index in [1.54, 1.807) is 0 Å². The molecule has 0 radical (unpaired) electrons. The molecule has 1 aromatic carbocycles. The van der Waals surface area contributed by atoms with E-state index in [0.29, 0.717) is 6.10 Å². The van der Waals surface area contributed by atoms with Gasteiger partial charge in [0.25, 0.3) is 0 Å². The Morgan fingerprint density at radius 3 is 2.71 bits per heavy atom. The maximum absolute atomic E-state index is 5.98. The Bertz CT molecular complexity index is 350. The van der Waals surface area contributed by atoms with Gasteiger partial charge in [0.05, 0.1) is 0 Å². The molecule has 0 N–H and O–H groups in total. The largest absolute Gasteiger partial charge is 0.489 e. The van der Waals surface area contributed by atoms with Crippen molar-refractivity contribution in [1.82, 2.24) is 4.90 Å². The molecule has 2 nitrogen and oxygen atoms in total. The molecule has 0 saturated carbocycles. The van der Waals surface area contributed by atoms with Gasteiger partial charge in [-0.3, -0.25) is 4.90 Å². The summed E-state index contributed by atoms with van der Waals surface area (Å²) in [6.45, 7) is 7.94. The molecule has 0 bridgehead atoms. The third-order valence-electron chi connectivity index (χ3n) is 2.97. The van der Waals surface area contributed by atoms with Gasteiger partial charge in [0.1, 0.15) is 11.9 Å². The topological polar surface area (TPSA) is 12.5 Å². The highest BCUT2D eigenvalue weighted by Gasteiger charge is 2.24. The third-order valence-corrected chi connectivity index (χ3v) is 3.50. The Kier molecular flexibility index (Phi) is 4.46. The van der Waals surface area contributed by atoms with Crippen LogP contribution in [0.15, 0.2) is 28.7 Å². The summed E-state index contributed by atoms with van der Waals surface area (Å²) >= 11 is 3.43. The maximum atomic E-state index is 5.98. The maximum Gasteiger partial charge on any atom is 0.119 e. The average molecular weight is 298 g/mol. The number of benzene rings is 1. The first kappa shape index (κ1) is 12.9. The quantitative estimate of drug-likeness (QED) is 0.843. The van der Waals surface area contributed by atoms with E-state index < -0.39 is 0 Å². The molecule has 1 heterocycles. The van der Waals surface area contributed by atoms with E-state index in [4.69, 9.17) is 4.74 Å². The predicted molar refractivity (Wildman–Crippen MR) is 74.5 cm³/mol. The fourth-order valence-electron chi connectivity index (χ4n) is 2.28. The van der Waals surface area contributed by atoms with Crippen molar-refractivity contribution in [1.29, 1.82) is 0 Å². The van der Waals surface area contributed by atoms with Crippen molar-refractivity contribution >= 4 is 15.9 Å². The van der Waals surface area contributed by atoms with Crippen molar-refractivity contribution in [3.8, 4) is 5.75 Å². The van der Waals surface area contributed by atoms with Gasteiger partial charge < -0.3 is 4.74 Å². The summed E-state index contributed by atoms with van der Waals surface area (Å²) < 4.78 is 7.07. The molecular formula is C14H20BrNO. The van der Waals surface area contributed by atoms with E-state index in [2.05, 4.69) is 34.7 Å². The van der Waals surface area contributed by atoms with Crippen LogP contribution in [-0.2, 0) is 0 Å². The normalized spacial score (nSPS) is 21.1. The van der Waals surface area contributed by atoms with Crippen LogP contribution in [-0.4, -0.2) is 30.6 Å². The zero-order valence-corrected chi connectivity index (χ0v) is 12.1. The van der Waals surface area contributed by atoms with Gasteiger partial charge in [-0.1, -0.05) is 29.8 Å². The highest BCUT2D eigenvalue weighted by Crippen LogP contribution is 2.21. The number of halogens is 1. The van der Waals surface area contributed by atoms with Gasteiger partial charge >= 0.3 is 0 Å². The molecule has 17 heavy (non-hydrogen) atoms. The minimum atomic E-state index is 0.356. The Hall–Kier alpha value is -0.540. The summed E-state index contributed by atoms with van der Waals surface area (Å²) in [7, 11) is 0. The summed E-state index contributed by atoms with van der Waals surface area (Å²) in [5, 5.41) is 0. The second-order valence-electron chi connectivity index (χ2n) is 5.14. The lowest BCUT2D eigenvalue weighted by Gasteiger charge is -2.18. The van der Waals surface area contributed by atoms with Gasteiger partial charge in [-0.15, -0.1) is 0 Å². The number of rotatable bonds is 4. The summed E-state index contributed by atoms with van der Waals surface area (Å²) in [6, 6.07) is 8.09. The molecule has 1 aromatic rings. The fourth-order valence-corrected chi connectivity index (χ4v) is 2.55. The Morgan fingerprint density at radius 2 is 2.06 bits per heavy atom. The van der Waals surface area contributed by atoms with E-state index in [-0.39, 0.29) is 0 Å². The van der Waals surface area contributed by atoms with E-state index in [1.165, 1.54) is 13.1 Å². The van der Waals surface area contributed by atoms with Crippen LogP contribution in [0.4, 0.5) is 0 Å². The molecule has 2 rings (SSSR count). The van der Waals surface area contributed by atoms with Crippen LogP contribution in [0, 0.1) is 5.92 Å². The van der Waals surface area contributed by atoms with Crippen molar-refractivity contribution in [3.63, 3.8) is 0 Å². The highest BCUT2D eigenvalue weighted by atomic mass is 79.9. The molecule has 1 fully saturated rings. The number of hydrogen-bond donors (Lipinski definition) is 0. The minimum absolute atomic E-state index is 0.356. The smallest absolute Gasteiger partial charge is 0.119 e. The lowest BCUT2D eigenvalue weighted by atomic mass is 10.2. The molecule has 0 aliphatic carbocycles. The van der Waals surface area contributed by atoms with Crippen molar-refractivity contribution in [2.45, 2.75) is 26.4 Å². The summed E-state index contributed by atoms with van der Waals surface area (Å²) in [4.78, 5) is 2.49. The molecule has 1 aliphatic rings. The number of ether oxygens (including phenoxy) is 1. The van der Waals surface area contributed by atoms with E-state index in [9.17, 15) is 0 Å². The monoisotopic (exact) mass is 297 g/mol. The average Bonchev–Trinajstić information content (AvgIpc) is 2.68. The Morgan fingerprint density at radius 1 is 1.35 bits per heavy atom. The number of hydrogen-bond acceptors (Lipinski definition) is 2. The minimum Gasteiger partial charge on any atom is -0.489 e. The van der Waals surface area contributed by atoms with Crippen molar-refractivity contribution in [3.05, 3.63) is 28.7 Å². The van der Waals surface area contributed by atoms with Gasteiger partial charge in [-0.25, -0.2) is 0 Å². The third kappa shape index (κ3) is 4.00. The van der Waals surface area contributed by atoms with Crippen LogP contribution in [0.3, 0.4) is 0 Å². The zero-order chi connectivity index (χ0) is 12.3. The standard InChI is InChI=1S/C14H20BrNO/c1-11(2)9-16-8-7-14(10-16)17-13-5-3-12(15)4-6-13/h3-6,11,14H,7-10H2,1-2H3. The highest BCUT2D eigenvalue weighted by molar-refractivity contribution is 9.10. The molecule has 0 spiro atoms. The molecule has 0 amide bonds. The van der Waals surface area contributed by atoms with Crippen LogP contribution >= 0.6 is 15.9 Å². The van der Waals surface area contributed by atoms with Gasteiger partial charge in [0, 0.05) is 24.1 Å². The number of likely N-dealkylation sites (tertiary alicyclic amines) is 1. The summed E-state index contributed by atoms with van der Waals surface area (Å²) in [5.41, 5.74) is 0. The van der Waals surface area contributed by atoms with Crippen molar-refractivity contribution in [2.75, 3.05) is 19.6 Å². The molecule has 3 heteroatoms. The molecular weight excluding hydrogens is 278 g/mol. The van der Waals surface area contributed by atoms with Gasteiger partial charge in [0.15, 0.2) is 0 Å². The molecule has 94 valence electrons. The molecule has 1 atom stereocenters. The Balaban J connectivity index is 1.83. The Labute approximate surface area is 112 Å². The number of nitrogens with zero attached hydrogens (tertiary/aromatic N) is 1. The van der Waals surface area contributed by atoms with Crippen LogP contribution in [0.1, 0.15) is 20.3 Å². The summed E-state index contributed by atoms with van der Waals surface area (Å²) in [6.07, 6.45) is 1.50. The van der Waals surface area contributed by atoms with E-state index in [0.717, 1.165) is 29.1 Å². The fraction of sp³-hybridized carbons (Fsp3) is 0.571. The van der Waals surface area contributed by atoms with Crippen molar-refractivity contribution < 1.29 is 4.74 Å². The van der Waals surface area contributed by atoms with Gasteiger partial charge in [-0.05, 0) is 36.6 Å². The van der Waals surface area contributed by atoms with E-state index >= 15 is 0 Å². The van der Waals surface area contributed by atoms with E-state index in [1.807, 2.05) is 24.3 Å². The van der Waals surface area contributed by atoms with Crippen LogP contribution in [0.2, 0.25) is 0 Å². The first-order valence-corrected chi connectivity index (χ1v) is 7.07. The molecule has 1 aliphatic heterocycles. The zero-order valence-electron chi connectivity index (χ0n) is 10.5. The van der Waals surface area contributed by atoms with Crippen LogP contribution in [0.25, 0.3) is 0 Å². The first-order chi connectivity index (χ1) is 8.13. The second-order valence-corrected chi connectivity index (χ2v) is 6.05. The van der Waals surface area contributed by atoms with Crippen LogP contribution < -0.4 is 4.74 Å². The van der Waals surface area contributed by atoms with Crippen molar-refractivity contribution in [2.24, 2.45) is 5.92 Å². The van der Waals surface area contributed by atoms with Gasteiger partial charge in [-0.2, -0.15) is 0 Å². The lowest BCUT2D eigenvalue weighted by molar-refractivity contribution is 0.194. The lowest BCUT2D eigenvalue weighted by Crippen LogP contribution is -2.28. The second kappa shape index (κ2) is 5.87. The van der Waals surface area contributed by atoms with Crippen LogP contribution in [0.5, 0.6) is 5.75 Å². The van der Waals surface area contributed by atoms with Gasteiger partial charge in [0.2, 0.25) is 0 Å². The first-order valence-electron chi connectivity index (χ1n) is 6.28.